The Morgan fingerprint density at radius 1 is 1.11 bits per heavy atom. The van der Waals surface area contributed by atoms with Gasteiger partial charge in [-0.1, -0.05) is 30.0 Å². The van der Waals surface area contributed by atoms with Gasteiger partial charge in [0.25, 0.3) is 0 Å². The molecule has 0 bridgehead atoms. The van der Waals surface area contributed by atoms with E-state index in [0.717, 1.165) is 15.3 Å². The van der Waals surface area contributed by atoms with Crippen molar-refractivity contribution in [1.82, 2.24) is 0 Å². The molecule has 0 aliphatic rings. The second-order valence-electron chi connectivity index (χ2n) is 4.03. The number of benzene rings is 1. The Hall–Kier alpha value is -1.31. The molecule has 1 unspecified atom stereocenters. The van der Waals surface area contributed by atoms with Crippen molar-refractivity contribution in [1.29, 1.82) is 0 Å². The summed E-state index contributed by atoms with van der Waals surface area (Å²) in [5.74, 6) is 6.26. The summed E-state index contributed by atoms with van der Waals surface area (Å²) in [6.07, 6.45) is 0.703. The highest BCUT2D eigenvalue weighted by molar-refractivity contribution is 7.12. The minimum atomic E-state index is -0.182. The lowest BCUT2D eigenvalue weighted by molar-refractivity contribution is 0.266. The quantitative estimate of drug-likeness (QED) is 0.854. The Kier molecular flexibility index (Phi) is 6.61. The van der Waals surface area contributed by atoms with Crippen LogP contribution in [0.1, 0.15) is 15.3 Å². The van der Waals surface area contributed by atoms with E-state index in [-0.39, 0.29) is 25.1 Å². The summed E-state index contributed by atoms with van der Waals surface area (Å²) in [5, 5.41) is 8.91. The molecule has 0 aliphatic heterocycles. The van der Waals surface area contributed by atoms with E-state index in [1.165, 1.54) is 0 Å². The first-order valence-electron chi connectivity index (χ1n) is 5.80. The maximum atomic E-state index is 8.91. The maximum Gasteiger partial charge on any atom is 0.0775 e. The third-order valence-electron chi connectivity index (χ3n) is 2.46. The zero-order chi connectivity index (χ0) is 12.8. The topological polar surface area (TPSA) is 46.2 Å². The summed E-state index contributed by atoms with van der Waals surface area (Å²) < 4.78 is 0. The van der Waals surface area contributed by atoms with Gasteiger partial charge in [0.05, 0.1) is 11.5 Å². The van der Waals surface area contributed by atoms with E-state index in [1.807, 2.05) is 42.5 Å². The molecule has 3 N–H and O–H groups in total. The zero-order valence-electron chi connectivity index (χ0n) is 10.4. The summed E-state index contributed by atoms with van der Waals surface area (Å²) in [6.45, 7) is 0.0168. The molecule has 2 nitrogen and oxygen atoms in total. The van der Waals surface area contributed by atoms with E-state index in [0.29, 0.717) is 6.42 Å². The fourth-order valence-electron chi connectivity index (χ4n) is 1.53. The molecule has 0 fully saturated rings. The molecular formula is C15H16ClNOS. The summed E-state index contributed by atoms with van der Waals surface area (Å²) in [7, 11) is 0. The highest BCUT2D eigenvalue weighted by atomic mass is 35.5. The van der Waals surface area contributed by atoms with Crippen LogP contribution in [0, 0.1) is 11.8 Å². The molecule has 1 atom stereocenters. The van der Waals surface area contributed by atoms with E-state index in [4.69, 9.17) is 10.8 Å². The minimum Gasteiger partial charge on any atom is -0.395 e. The molecule has 0 saturated heterocycles. The molecule has 0 aliphatic carbocycles. The first-order chi connectivity index (χ1) is 8.78. The van der Waals surface area contributed by atoms with Crippen LogP contribution in [0.4, 0.5) is 0 Å². The normalized spacial score (nSPS) is 11.1. The van der Waals surface area contributed by atoms with Crippen LogP contribution >= 0.6 is 23.7 Å². The number of thiophene rings is 1. The first kappa shape index (κ1) is 15.7. The molecule has 2 rings (SSSR count). The lowest BCUT2D eigenvalue weighted by Gasteiger charge is -2.04. The average Bonchev–Trinajstić information content (AvgIpc) is 2.85. The third-order valence-corrected chi connectivity index (χ3v) is 3.49. The number of halogens is 1. The predicted molar refractivity (Wildman–Crippen MR) is 82.8 cm³/mol. The molecular weight excluding hydrogens is 278 g/mol. The first-order valence-corrected chi connectivity index (χ1v) is 6.62. The Morgan fingerprint density at radius 3 is 2.53 bits per heavy atom. The van der Waals surface area contributed by atoms with Crippen molar-refractivity contribution < 1.29 is 5.11 Å². The highest BCUT2D eigenvalue weighted by Gasteiger charge is 2.04. The van der Waals surface area contributed by atoms with Crippen molar-refractivity contribution >= 4 is 23.7 Å². The van der Waals surface area contributed by atoms with Gasteiger partial charge >= 0.3 is 0 Å². The molecule has 0 saturated carbocycles. The van der Waals surface area contributed by atoms with Crippen LogP contribution in [0.2, 0.25) is 0 Å². The Balaban J connectivity index is 0.00000180. The van der Waals surface area contributed by atoms with Crippen LogP contribution in [0.5, 0.6) is 0 Å². The molecule has 2 aromatic rings. The molecule has 4 heteroatoms. The summed E-state index contributed by atoms with van der Waals surface area (Å²) in [4.78, 5) is 2.19. The van der Waals surface area contributed by atoms with Crippen molar-refractivity contribution in [2.24, 2.45) is 5.73 Å². The number of nitrogens with two attached hydrogens (primary N) is 1. The van der Waals surface area contributed by atoms with Gasteiger partial charge in [-0.15, -0.1) is 23.7 Å². The van der Waals surface area contributed by atoms with Gasteiger partial charge < -0.3 is 10.8 Å². The van der Waals surface area contributed by atoms with Crippen LogP contribution < -0.4 is 5.73 Å². The second-order valence-corrected chi connectivity index (χ2v) is 5.20. The molecule has 0 spiro atoms. The summed E-state index contributed by atoms with van der Waals surface area (Å²) in [5.41, 5.74) is 6.71. The van der Waals surface area contributed by atoms with E-state index >= 15 is 0 Å². The molecule has 1 heterocycles. The lowest BCUT2D eigenvalue weighted by atomic mass is 10.2. The zero-order valence-corrected chi connectivity index (χ0v) is 12.0. The molecule has 1 aromatic heterocycles. The van der Waals surface area contributed by atoms with Crippen molar-refractivity contribution in [3.05, 3.63) is 57.8 Å². The number of aliphatic hydroxyl groups excluding tert-OH is 1. The van der Waals surface area contributed by atoms with E-state index in [1.54, 1.807) is 11.3 Å². The SMILES string of the molecule is Cl.NC(CO)Cc1ccc(C#Cc2ccccc2)s1. The highest BCUT2D eigenvalue weighted by Crippen LogP contribution is 2.16. The van der Waals surface area contributed by atoms with Gasteiger partial charge in [0.2, 0.25) is 0 Å². The van der Waals surface area contributed by atoms with Crippen molar-refractivity contribution in [3.8, 4) is 11.8 Å². The Morgan fingerprint density at radius 2 is 1.84 bits per heavy atom. The van der Waals surface area contributed by atoms with Gasteiger partial charge in [0, 0.05) is 16.5 Å². The monoisotopic (exact) mass is 293 g/mol. The lowest BCUT2D eigenvalue weighted by Crippen LogP contribution is -2.26. The average molecular weight is 294 g/mol. The fraction of sp³-hybridized carbons (Fsp3) is 0.200. The van der Waals surface area contributed by atoms with Crippen LogP contribution in [0.3, 0.4) is 0 Å². The summed E-state index contributed by atoms with van der Waals surface area (Å²) in [6, 6.07) is 13.7. The van der Waals surface area contributed by atoms with Crippen LogP contribution in [-0.4, -0.2) is 17.8 Å². The van der Waals surface area contributed by atoms with Crippen LogP contribution in [0.25, 0.3) is 0 Å². The van der Waals surface area contributed by atoms with E-state index in [2.05, 4.69) is 11.8 Å². The van der Waals surface area contributed by atoms with Gasteiger partial charge in [-0.05, 0) is 30.7 Å². The van der Waals surface area contributed by atoms with Crippen molar-refractivity contribution in [3.63, 3.8) is 0 Å². The van der Waals surface area contributed by atoms with Crippen molar-refractivity contribution in [2.45, 2.75) is 12.5 Å². The van der Waals surface area contributed by atoms with E-state index in [9.17, 15) is 0 Å². The van der Waals surface area contributed by atoms with Gasteiger partial charge in [-0.2, -0.15) is 0 Å². The fourth-order valence-corrected chi connectivity index (χ4v) is 2.49. The van der Waals surface area contributed by atoms with E-state index < -0.39 is 0 Å². The Labute approximate surface area is 123 Å². The number of rotatable bonds is 3. The smallest absolute Gasteiger partial charge is 0.0775 e. The number of aliphatic hydroxyl groups is 1. The molecule has 100 valence electrons. The molecule has 0 radical (unpaired) electrons. The van der Waals surface area contributed by atoms with Gasteiger partial charge in [-0.25, -0.2) is 0 Å². The number of hydrogen-bond donors (Lipinski definition) is 2. The standard InChI is InChI=1S/C15H15NOS.ClH/c16-13(11-17)10-15-9-8-14(18-15)7-6-12-4-2-1-3-5-12;/h1-5,8-9,13,17H,10-11,16H2;1H. The largest absolute Gasteiger partial charge is 0.395 e. The Bertz CT molecular complexity index is 556. The van der Waals surface area contributed by atoms with Crippen LogP contribution in [-0.2, 0) is 6.42 Å². The van der Waals surface area contributed by atoms with Gasteiger partial charge in [0.15, 0.2) is 0 Å². The second kappa shape index (κ2) is 7.98. The molecule has 0 amide bonds. The van der Waals surface area contributed by atoms with Gasteiger partial charge in [-0.3, -0.25) is 0 Å². The molecule has 1 aromatic carbocycles. The maximum absolute atomic E-state index is 8.91. The molecule has 19 heavy (non-hydrogen) atoms. The van der Waals surface area contributed by atoms with Gasteiger partial charge in [0.1, 0.15) is 0 Å². The van der Waals surface area contributed by atoms with Crippen molar-refractivity contribution in [2.75, 3.05) is 6.61 Å². The van der Waals surface area contributed by atoms with Crippen LogP contribution in [0.15, 0.2) is 42.5 Å². The number of hydrogen-bond acceptors (Lipinski definition) is 3. The summed E-state index contributed by atoms with van der Waals surface area (Å²) >= 11 is 1.63. The third kappa shape index (κ3) is 5.06. The predicted octanol–water partition coefficient (Wildman–Crippen LogP) is 2.43. The minimum absolute atomic E-state index is 0.